The lowest BCUT2D eigenvalue weighted by atomic mass is 10.0. The van der Waals surface area contributed by atoms with Crippen molar-refractivity contribution in [3.63, 3.8) is 0 Å². The maximum Gasteiger partial charge on any atom is 0.0675 e. The Morgan fingerprint density at radius 3 is 2.35 bits per heavy atom. The quantitative estimate of drug-likeness (QED) is 0.758. The average molecular weight is 228 g/mol. The van der Waals surface area contributed by atoms with Crippen LogP contribution in [0.25, 0.3) is 11.1 Å². The molecule has 1 aromatic carbocycles. The molecular weight excluding hydrogens is 208 g/mol. The Hall–Kier alpha value is -1.57. The highest BCUT2D eigenvalue weighted by atomic mass is 15.3. The van der Waals surface area contributed by atoms with E-state index >= 15 is 0 Å². The van der Waals surface area contributed by atoms with Crippen LogP contribution in [0.3, 0.4) is 0 Å². The molecule has 0 aliphatic carbocycles. The molecule has 2 heteroatoms. The highest BCUT2D eigenvalue weighted by Gasteiger charge is 2.14. The van der Waals surface area contributed by atoms with E-state index in [1.165, 1.54) is 22.4 Å². The van der Waals surface area contributed by atoms with E-state index in [-0.39, 0.29) is 0 Å². The van der Waals surface area contributed by atoms with Crippen LogP contribution in [0.4, 0.5) is 0 Å². The van der Waals surface area contributed by atoms with Gasteiger partial charge in [-0.15, -0.1) is 0 Å². The molecule has 0 atom stereocenters. The number of aryl methyl sites for hydroxylation is 2. The highest BCUT2D eigenvalue weighted by Crippen LogP contribution is 2.28. The first-order valence-electron chi connectivity index (χ1n) is 6.13. The van der Waals surface area contributed by atoms with E-state index in [1.54, 1.807) is 0 Å². The fourth-order valence-corrected chi connectivity index (χ4v) is 2.38. The number of nitrogens with zero attached hydrogens (tertiary/aromatic N) is 2. The third kappa shape index (κ3) is 2.12. The Morgan fingerprint density at radius 2 is 1.82 bits per heavy atom. The lowest BCUT2D eigenvalue weighted by Crippen LogP contribution is -2.04. The van der Waals surface area contributed by atoms with Crippen molar-refractivity contribution in [2.45, 2.75) is 40.7 Å². The van der Waals surface area contributed by atoms with Crippen LogP contribution in [-0.2, 0) is 0 Å². The van der Waals surface area contributed by atoms with Gasteiger partial charge in [-0.1, -0.05) is 29.8 Å². The van der Waals surface area contributed by atoms with Crippen LogP contribution < -0.4 is 0 Å². The van der Waals surface area contributed by atoms with E-state index in [4.69, 9.17) is 0 Å². The molecule has 17 heavy (non-hydrogen) atoms. The molecule has 0 amide bonds. The SMILES string of the molecule is Cc1cccc(-c2c(C)nn(C(C)C)c2C)c1. The second-order valence-electron chi connectivity index (χ2n) is 4.95. The Bertz CT molecular complexity index is 536. The summed E-state index contributed by atoms with van der Waals surface area (Å²) in [7, 11) is 0. The van der Waals surface area contributed by atoms with Gasteiger partial charge in [-0.25, -0.2) is 0 Å². The molecule has 2 rings (SSSR count). The molecule has 0 aliphatic rings. The molecule has 0 spiro atoms. The summed E-state index contributed by atoms with van der Waals surface area (Å²) in [5.74, 6) is 0. The molecule has 0 unspecified atom stereocenters. The van der Waals surface area contributed by atoms with Crippen molar-refractivity contribution >= 4 is 0 Å². The standard InChI is InChI=1S/C15H20N2/c1-10(2)17-13(5)15(12(4)16-17)14-8-6-7-11(3)9-14/h6-10H,1-5H3. The maximum atomic E-state index is 4.63. The number of hydrogen-bond donors (Lipinski definition) is 0. The van der Waals surface area contributed by atoms with E-state index in [9.17, 15) is 0 Å². The smallest absolute Gasteiger partial charge is 0.0675 e. The van der Waals surface area contributed by atoms with E-state index in [1.807, 2.05) is 0 Å². The fraction of sp³-hybridized carbons (Fsp3) is 0.400. The predicted octanol–water partition coefficient (Wildman–Crippen LogP) is 4.06. The summed E-state index contributed by atoms with van der Waals surface area (Å²) in [6.45, 7) is 10.7. The third-order valence-electron chi connectivity index (χ3n) is 3.12. The number of benzene rings is 1. The minimum atomic E-state index is 0.409. The summed E-state index contributed by atoms with van der Waals surface area (Å²) in [5.41, 5.74) is 6.21. The lowest BCUT2D eigenvalue weighted by molar-refractivity contribution is 0.516. The van der Waals surface area contributed by atoms with Crippen molar-refractivity contribution in [2.24, 2.45) is 0 Å². The zero-order valence-corrected chi connectivity index (χ0v) is 11.3. The molecular formula is C15H20N2. The van der Waals surface area contributed by atoms with Gasteiger partial charge in [-0.2, -0.15) is 5.10 Å². The summed E-state index contributed by atoms with van der Waals surface area (Å²) >= 11 is 0. The maximum absolute atomic E-state index is 4.63. The molecule has 0 aliphatic heterocycles. The molecule has 0 N–H and O–H groups in total. The van der Waals surface area contributed by atoms with Crippen LogP contribution in [0.5, 0.6) is 0 Å². The van der Waals surface area contributed by atoms with Crippen molar-refractivity contribution in [2.75, 3.05) is 0 Å². The predicted molar refractivity (Wildman–Crippen MR) is 72.3 cm³/mol. The Morgan fingerprint density at radius 1 is 1.12 bits per heavy atom. The molecule has 0 saturated carbocycles. The molecule has 1 heterocycles. The molecule has 0 radical (unpaired) electrons. The summed E-state index contributed by atoms with van der Waals surface area (Å²) in [6.07, 6.45) is 0. The van der Waals surface area contributed by atoms with Gasteiger partial charge >= 0.3 is 0 Å². The molecule has 0 bridgehead atoms. The third-order valence-corrected chi connectivity index (χ3v) is 3.12. The van der Waals surface area contributed by atoms with Crippen LogP contribution in [0.15, 0.2) is 24.3 Å². The van der Waals surface area contributed by atoms with Crippen molar-refractivity contribution < 1.29 is 0 Å². The number of aromatic nitrogens is 2. The first kappa shape index (κ1) is 11.9. The molecule has 0 saturated heterocycles. The van der Waals surface area contributed by atoms with Crippen LogP contribution in [0.1, 0.15) is 36.8 Å². The van der Waals surface area contributed by atoms with Crippen molar-refractivity contribution in [1.82, 2.24) is 9.78 Å². The molecule has 2 nitrogen and oxygen atoms in total. The van der Waals surface area contributed by atoms with E-state index in [0.717, 1.165) is 5.69 Å². The van der Waals surface area contributed by atoms with Gasteiger partial charge in [0, 0.05) is 17.3 Å². The Kier molecular flexibility index (Phi) is 3.05. The molecule has 0 fully saturated rings. The first-order valence-corrected chi connectivity index (χ1v) is 6.13. The van der Waals surface area contributed by atoms with E-state index in [0.29, 0.717) is 6.04 Å². The van der Waals surface area contributed by atoms with Crippen LogP contribution in [0, 0.1) is 20.8 Å². The molecule has 1 aromatic heterocycles. The van der Waals surface area contributed by atoms with Crippen molar-refractivity contribution in [3.05, 3.63) is 41.2 Å². The van der Waals surface area contributed by atoms with E-state index < -0.39 is 0 Å². The largest absolute Gasteiger partial charge is 0.266 e. The van der Waals surface area contributed by atoms with Gasteiger partial charge in [0.15, 0.2) is 0 Å². The zero-order chi connectivity index (χ0) is 12.6. The minimum absolute atomic E-state index is 0.409. The van der Waals surface area contributed by atoms with Crippen molar-refractivity contribution in [3.8, 4) is 11.1 Å². The van der Waals surface area contributed by atoms with Gasteiger partial charge in [-0.05, 0) is 40.2 Å². The van der Waals surface area contributed by atoms with Gasteiger partial charge in [0.1, 0.15) is 0 Å². The average Bonchev–Trinajstić information content (AvgIpc) is 2.54. The van der Waals surface area contributed by atoms with Crippen molar-refractivity contribution in [1.29, 1.82) is 0 Å². The fourth-order valence-electron chi connectivity index (χ4n) is 2.38. The Balaban J connectivity index is 2.60. The number of hydrogen-bond acceptors (Lipinski definition) is 1. The lowest BCUT2D eigenvalue weighted by Gasteiger charge is -2.09. The topological polar surface area (TPSA) is 17.8 Å². The summed E-state index contributed by atoms with van der Waals surface area (Å²) in [5, 5.41) is 4.63. The minimum Gasteiger partial charge on any atom is -0.266 e. The second-order valence-corrected chi connectivity index (χ2v) is 4.95. The first-order chi connectivity index (χ1) is 8.00. The van der Waals surface area contributed by atoms with Gasteiger partial charge in [0.05, 0.1) is 5.69 Å². The van der Waals surface area contributed by atoms with Gasteiger partial charge in [0.2, 0.25) is 0 Å². The van der Waals surface area contributed by atoms with Crippen LogP contribution in [-0.4, -0.2) is 9.78 Å². The molecule has 2 aromatic rings. The second kappa shape index (κ2) is 4.36. The van der Waals surface area contributed by atoms with Gasteiger partial charge in [-0.3, -0.25) is 4.68 Å². The normalized spacial score (nSPS) is 11.2. The summed E-state index contributed by atoms with van der Waals surface area (Å²) in [6, 6.07) is 9.03. The van der Waals surface area contributed by atoms with Crippen LogP contribution in [0.2, 0.25) is 0 Å². The monoisotopic (exact) mass is 228 g/mol. The summed E-state index contributed by atoms with van der Waals surface area (Å²) in [4.78, 5) is 0. The Labute approximate surface area is 103 Å². The highest BCUT2D eigenvalue weighted by molar-refractivity contribution is 5.69. The number of rotatable bonds is 2. The summed E-state index contributed by atoms with van der Waals surface area (Å²) < 4.78 is 2.10. The van der Waals surface area contributed by atoms with Crippen LogP contribution >= 0.6 is 0 Å². The zero-order valence-electron chi connectivity index (χ0n) is 11.3. The van der Waals surface area contributed by atoms with Gasteiger partial charge < -0.3 is 0 Å². The van der Waals surface area contributed by atoms with E-state index in [2.05, 4.69) is 68.7 Å². The molecule has 90 valence electrons. The van der Waals surface area contributed by atoms with Gasteiger partial charge in [0.25, 0.3) is 0 Å².